The second kappa shape index (κ2) is 2.44. The Bertz CT molecular complexity index is 197. The summed E-state index contributed by atoms with van der Waals surface area (Å²) in [5, 5.41) is 0. The van der Waals surface area contributed by atoms with Crippen LogP contribution in [-0.2, 0) is 4.79 Å². The van der Waals surface area contributed by atoms with Crippen LogP contribution in [0.15, 0.2) is 36.5 Å². The Morgan fingerprint density at radius 1 is 1.67 bits per heavy atom. The highest BCUT2D eigenvalue weighted by atomic mass is 16.1. The molecule has 0 heterocycles. The van der Waals surface area contributed by atoms with E-state index in [0.717, 1.165) is 5.57 Å². The molecule has 0 atom stereocenters. The van der Waals surface area contributed by atoms with Crippen molar-refractivity contribution in [2.24, 2.45) is 0 Å². The van der Waals surface area contributed by atoms with E-state index in [1.54, 1.807) is 12.2 Å². The zero-order chi connectivity index (χ0) is 6.69. The SMILES string of the molecule is C=CC=C1C=CCC1=O. The fourth-order valence-corrected chi connectivity index (χ4v) is 0.779. The largest absolute Gasteiger partial charge is 0.294 e. The van der Waals surface area contributed by atoms with Crippen LogP contribution in [-0.4, -0.2) is 5.78 Å². The molecule has 0 amide bonds. The monoisotopic (exact) mass is 120 g/mol. The van der Waals surface area contributed by atoms with Crippen molar-refractivity contribution in [1.29, 1.82) is 0 Å². The van der Waals surface area contributed by atoms with Crippen LogP contribution in [0.4, 0.5) is 0 Å². The molecule has 9 heavy (non-hydrogen) atoms. The molecule has 0 saturated carbocycles. The summed E-state index contributed by atoms with van der Waals surface area (Å²) in [5.41, 5.74) is 0.769. The Kier molecular flexibility index (Phi) is 1.63. The molecule has 0 saturated heterocycles. The molecule has 0 N–H and O–H groups in total. The zero-order valence-corrected chi connectivity index (χ0v) is 5.13. The van der Waals surface area contributed by atoms with Crippen molar-refractivity contribution in [2.75, 3.05) is 0 Å². The average Bonchev–Trinajstić information content (AvgIpc) is 2.18. The fraction of sp³-hybridized carbons (Fsp3) is 0.125. The average molecular weight is 120 g/mol. The number of hydrogen-bond acceptors (Lipinski definition) is 1. The number of hydrogen-bond donors (Lipinski definition) is 0. The summed E-state index contributed by atoms with van der Waals surface area (Å²) in [4.78, 5) is 10.8. The van der Waals surface area contributed by atoms with Crippen molar-refractivity contribution in [3.63, 3.8) is 0 Å². The summed E-state index contributed by atoms with van der Waals surface area (Å²) in [6.07, 6.45) is 7.59. The molecule has 0 aromatic rings. The van der Waals surface area contributed by atoms with Gasteiger partial charge in [-0.25, -0.2) is 0 Å². The minimum atomic E-state index is 0.190. The summed E-state index contributed by atoms with van der Waals surface area (Å²) in [7, 11) is 0. The molecule has 1 aliphatic carbocycles. The first-order valence-electron chi connectivity index (χ1n) is 2.87. The topological polar surface area (TPSA) is 17.1 Å². The van der Waals surface area contributed by atoms with E-state index in [-0.39, 0.29) is 5.78 Å². The quantitative estimate of drug-likeness (QED) is 0.480. The molecular weight excluding hydrogens is 112 g/mol. The summed E-state index contributed by atoms with van der Waals surface area (Å²) in [6, 6.07) is 0. The molecule has 0 aliphatic heterocycles. The van der Waals surface area contributed by atoms with Gasteiger partial charge in [0.2, 0.25) is 0 Å². The molecule has 46 valence electrons. The maximum Gasteiger partial charge on any atom is 0.166 e. The first-order chi connectivity index (χ1) is 4.34. The Morgan fingerprint density at radius 3 is 2.89 bits per heavy atom. The predicted molar refractivity (Wildman–Crippen MR) is 37.0 cm³/mol. The maximum absolute atomic E-state index is 10.8. The van der Waals surface area contributed by atoms with Crippen LogP contribution in [0.2, 0.25) is 0 Å². The highest BCUT2D eigenvalue weighted by molar-refractivity contribution is 6.01. The maximum atomic E-state index is 10.8. The molecule has 0 radical (unpaired) electrons. The van der Waals surface area contributed by atoms with Gasteiger partial charge in [0.15, 0.2) is 5.78 Å². The third-order valence-electron chi connectivity index (χ3n) is 1.22. The third kappa shape index (κ3) is 1.17. The van der Waals surface area contributed by atoms with Gasteiger partial charge < -0.3 is 0 Å². The van der Waals surface area contributed by atoms with E-state index in [1.165, 1.54) is 0 Å². The highest BCUT2D eigenvalue weighted by Crippen LogP contribution is 2.10. The van der Waals surface area contributed by atoms with Gasteiger partial charge in [-0.05, 0) is 0 Å². The Morgan fingerprint density at radius 2 is 2.44 bits per heavy atom. The van der Waals surface area contributed by atoms with Gasteiger partial charge in [-0.2, -0.15) is 0 Å². The van der Waals surface area contributed by atoms with E-state index < -0.39 is 0 Å². The molecule has 1 heteroatoms. The lowest BCUT2D eigenvalue weighted by molar-refractivity contribution is -0.114. The van der Waals surface area contributed by atoms with Crippen LogP contribution in [0.5, 0.6) is 0 Å². The molecular formula is C8H8O. The molecule has 1 aliphatic rings. The highest BCUT2D eigenvalue weighted by Gasteiger charge is 2.08. The number of Topliss-reactive ketones (excluding diaryl/α,β-unsaturated/α-hetero) is 1. The minimum Gasteiger partial charge on any atom is -0.294 e. The standard InChI is InChI=1S/C8H8O/c1-2-4-7-5-3-6-8(7)9/h2-5H,1,6H2. The second-order valence-corrected chi connectivity index (χ2v) is 1.89. The molecule has 0 aromatic carbocycles. The van der Waals surface area contributed by atoms with E-state index in [4.69, 9.17) is 0 Å². The molecule has 0 unspecified atom stereocenters. The van der Waals surface area contributed by atoms with Gasteiger partial charge in [0.1, 0.15) is 0 Å². The molecule has 0 aromatic heterocycles. The van der Waals surface area contributed by atoms with E-state index in [9.17, 15) is 4.79 Å². The van der Waals surface area contributed by atoms with E-state index in [2.05, 4.69) is 6.58 Å². The molecule has 1 rings (SSSR count). The molecule has 0 spiro atoms. The van der Waals surface area contributed by atoms with Crippen LogP contribution < -0.4 is 0 Å². The summed E-state index contributed by atoms with van der Waals surface area (Å²) in [6.45, 7) is 3.50. The molecule has 0 bridgehead atoms. The second-order valence-electron chi connectivity index (χ2n) is 1.89. The van der Waals surface area contributed by atoms with Gasteiger partial charge in [-0.15, -0.1) is 0 Å². The van der Waals surface area contributed by atoms with Gasteiger partial charge in [0.05, 0.1) is 0 Å². The number of rotatable bonds is 1. The van der Waals surface area contributed by atoms with Gasteiger partial charge in [0.25, 0.3) is 0 Å². The van der Waals surface area contributed by atoms with Crippen LogP contribution in [0.3, 0.4) is 0 Å². The van der Waals surface area contributed by atoms with Crippen molar-refractivity contribution >= 4 is 5.78 Å². The smallest absolute Gasteiger partial charge is 0.166 e. The lowest BCUT2D eigenvalue weighted by Crippen LogP contribution is -1.90. The van der Waals surface area contributed by atoms with E-state index in [1.807, 2.05) is 12.2 Å². The fourth-order valence-electron chi connectivity index (χ4n) is 0.779. The summed E-state index contributed by atoms with van der Waals surface area (Å²) < 4.78 is 0. The van der Waals surface area contributed by atoms with Crippen LogP contribution >= 0.6 is 0 Å². The van der Waals surface area contributed by atoms with Crippen molar-refractivity contribution in [2.45, 2.75) is 6.42 Å². The minimum absolute atomic E-state index is 0.190. The van der Waals surface area contributed by atoms with Gasteiger partial charge in [-0.1, -0.05) is 30.9 Å². The summed E-state index contributed by atoms with van der Waals surface area (Å²) >= 11 is 0. The van der Waals surface area contributed by atoms with Crippen molar-refractivity contribution < 1.29 is 4.79 Å². The Balaban J connectivity index is 2.81. The van der Waals surface area contributed by atoms with E-state index in [0.29, 0.717) is 6.42 Å². The zero-order valence-electron chi connectivity index (χ0n) is 5.13. The molecule has 0 fully saturated rings. The summed E-state index contributed by atoms with van der Waals surface area (Å²) in [5.74, 6) is 0.190. The van der Waals surface area contributed by atoms with Crippen molar-refractivity contribution in [3.05, 3.63) is 36.5 Å². The van der Waals surface area contributed by atoms with Gasteiger partial charge in [-0.3, -0.25) is 4.79 Å². The number of carbonyl (C=O) groups is 1. The van der Waals surface area contributed by atoms with Crippen LogP contribution in [0, 0.1) is 0 Å². The lowest BCUT2D eigenvalue weighted by atomic mass is 10.2. The van der Waals surface area contributed by atoms with E-state index >= 15 is 0 Å². The first-order valence-corrected chi connectivity index (χ1v) is 2.87. The van der Waals surface area contributed by atoms with Gasteiger partial charge >= 0.3 is 0 Å². The van der Waals surface area contributed by atoms with Gasteiger partial charge in [0, 0.05) is 12.0 Å². The number of carbonyl (C=O) groups excluding carboxylic acids is 1. The van der Waals surface area contributed by atoms with Crippen LogP contribution in [0.1, 0.15) is 6.42 Å². The molecule has 1 nitrogen and oxygen atoms in total. The third-order valence-corrected chi connectivity index (χ3v) is 1.22. The Labute approximate surface area is 54.4 Å². The van der Waals surface area contributed by atoms with Crippen molar-refractivity contribution in [1.82, 2.24) is 0 Å². The Hall–Kier alpha value is -1.11. The first kappa shape index (κ1) is 6.02. The number of allylic oxidation sites excluding steroid dienone is 5. The predicted octanol–water partition coefficient (Wildman–Crippen LogP) is 1.63. The lowest BCUT2D eigenvalue weighted by Gasteiger charge is -1.85. The normalized spacial score (nSPS) is 21.3. The van der Waals surface area contributed by atoms with Crippen molar-refractivity contribution in [3.8, 4) is 0 Å². The van der Waals surface area contributed by atoms with Crippen LogP contribution in [0.25, 0.3) is 0 Å². The number of ketones is 1.